The molecule has 3 amide bonds. The molecule has 0 aliphatic carbocycles. The smallest absolute Gasteiger partial charge is 0.333 e. The van der Waals surface area contributed by atoms with Crippen LogP contribution in [0.4, 0.5) is 0 Å². The molecule has 2 rings (SSSR count). The van der Waals surface area contributed by atoms with Crippen LogP contribution in [0.3, 0.4) is 0 Å². The number of nitrogens with two attached hydrogens (primary N) is 1. The second kappa shape index (κ2) is 9.11. The van der Waals surface area contributed by atoms with Crippen LogP contribution in [-0.4, -0.2) is 62.7 Å². The highest BCUT2D eigenvalue weighted by molar-refractivity contribution is 5.88. The maximum Gasteiger partial charge on any atom is 0.333 e. The lowest BCUT2D eigenvalue weighted by atomic mass is 10.1. The first-order chi connectivity index (χ1) is 13.2. The minimum atomic E-state index is -0.814. The molecule has 2 atom stereocenters. The van der Waals surface area contributed by atoms with Gasteiger partial charge in [0.1, 0.15) is 6.04 Å². The van der Waals surface area contributed by atoms with Crippen molar-refractivity contribution in [1.82, 2.24) is 14.9 Å². The Labute approximate surface area is 161 Å². The number of rotatable bonds is 9. The summed E-state index contributed by atoms with van der Waals surface area (Å²) >= 11 is 0. The molecule has 154 valence electrons. The summed E-state index contributed by atoms with van der Waals surface area (Å²) < 4.78 is 0.544. The number of hydrogen-bond acceptors (Lipinski definition) is 7. The van der Waals surface area contributed by atoms with Crippen LogP contribution in [0.25, 0.3) is 0 Å². The molecule has 11 nitrogen and oxygen atoms in total. The number of likely N-dealkylation sites (tertiary alicyclic amines) is 1. The van der Waals surface area contributed by atoms with E-state index in [9.17, 15) is 29.4 Å². The molecule has 0 saturated carbocycles. The average Bonchev–Trinajstić information content (AvgIpc) is 3.15. The second-order valence-electron chi connectivity index (χ2n) is 6.55. The predicted octanol–water partition coefficient (Wildman–Crippen LogP) is -1.14. The molecular weight excluding hydrogens is 372 g/mol. The zero-order chi connectivity index (χ0) is 20.8. The summed E-state index contributed by atoms with van der Waals surface area (Å²) in [5.41, 5.74) is 5.31. The molecule has 0 bridgehead atoms. The van der Waals surface area contributed by atoms with Crippen LogP contribution in [0.15, 0.2) is 12.1 Å². The van der Waals surface area contributed by atoms with Gasteiger partial charge in [-0.2, -0.15) is 0 Å². The molecule has 1 fully saturated rings. The molecule has 0 radical (unpaired) electrons. The van der Waals surface area contributed by atoms with Gasteiger partial charge in [-0.25, -0.2) is 4.79 Å². The van der Waals surface area contributed by atoms with Crippen LogP contribution < -0.4 is 15.9 Å². The van der Waals surface area contributed by atoms with E-state index in [2.05, 4.69) is 5.32 Å². The van der Waals surface area contributed by atoms with Crippen LogP contribution >= 0.6 is 0 Å². The maximum absolute atomic E-state index is 12.1. The first kappa shape index (κ1) is 21.1. The largest absolute Gasteiger partial charge is 0.492 e. The molecule has 11 heteroatoms. The predicted molar refractivity (Wildman–Crippen MR) is 94.7 cm³/mol. The highest BCUT2D eigenvalue weighted by atomic mass is 16.7. The van der Waals surface area contributed by atoms with E-state index in [0.29, 0.717) is 17.7 Å². The molecule has 1 aromatic rings. The molecule has 5 N–H and O–H groups in total. The quantitative estimate of drug-likeness (QED) is 0.410. The van der Waals surface area contributed by atoms with Crippen LogP contribution in [0.5, 0.6) is 11.8 Å². The number of aromatic nitrogens is 1. The Kier molecular flexibility index (Phi) is 6.85. The third kappa shape index (κ3) is 5.15. The lowest BCUT2D eigenvalue weighted by Crippen LogP contribution is -2.45. The van der Waals surface area contributed by atoms with Crippen molar-refractivity contribution in [2.45, 2.75) is 38.6 Å². The second-order valence-corrected chi connectivity index (χ2v) is 6.55. The Balaban J connectivity index is 1.73. The van der Waals surface area contributed by atoms with Gasteiger partial charge in [0, 0.05) is 44.0 Å². The summed E-state index contributed by atoms with van der Waals surface area (Å²) in [6, 6.07) is 1.63. The molecule has 1 aromatic heterocycles. The molecule has 28 heavy (non-hydrogen) atoms. The first-order valence-corrected chi connectivity index (χ1v) is 8.89. The molecule has 1 aliphatic heterocycles. The van der Waals surface area contributed by atoms with Gasteiger partial charge in [-0.1, -0.05) is 6.92 Å². The summed E-state index contributed by atoms with van der Waals surface area (Å²) in [6.45, 7) is 2.32. The molecule has 0 aromatic carbocycles. The fourth-order valence-electron chi connectivity index (χ4n) is 3.03. The van der Waals surface area contributed by atoms with Crippen molar-refractivity contribution in [2.75, 3.05) is 13.1 Å². The van der Waals surface area contributed by atoms with Crippen molar-refractivity contribution >= 4 is 23.7 Å². The Morgan fingerprint density at radius 1 is 1.29 bits per heavy atom. The van der Waals surface area contributed by atoms with Gasteiger partial charge in [0.2, 0.25) is 29.5 Å². The highest BCUT2D eigenvalue weighted by Gasteiger charge is 2.35. The van der Waals surface area contributed by atoms with E-state index in [0.717, 1.165) is 12.1 Å². The topological polar surface area (TPSA) is 164 Å². The van der Waals surface area contributed by atoms with Crippen LogP contribution in [0, 0.1) is 5.92 Å². The van der Waals surface area contributed by atoms with Gasteiger partial charge in [-0.3, -0.25) is 14.4 Å². The molecule has 2 heterocycles. The first-order valence-electron chi connectivity index (χ1n) is 8.89. The third-order valence-electron chi connectivity index (χ3n) is 4.46. The number of primary amides is 1. The average molecular weight is 396 g/mol. The maximum atomic E-state index is 12.1. The van der Waals surface area contributed by atoms with Crippen LogP contribution in [0.2, 0.25) is 0 Å². The third-order valence-corrected chi connectivity index (χ3v) is 4.46. The van der Waals surface area contributed by atoms with Gasteiger partial charge in [0.25, 0.3) is 0 Å². The summed E-state index contributed by atoms with van der Waals surface area (Å²) in [5, 5.41) is 21.4. The molecule has 1 unspecified atom stereocenters. The van der Waals surface area contributed by atoms with E-state index in [4.69, 9.17) is 10.6 Å². The Hall–Kier alpha value is -3.24. The monoisotopic (exact) mass is 396 g/mol. The van der Waals surface area contributed by atoms with Crippen molar-refractivity contribution in [1.29, 1.82) is 0 Å². The molecular formula is C17H24N4O7. The Morgan fingerprint density at radius 2 is 1.93 bits per heavy atom. The van der Waals surface area contributed by atoms with Crippen molar-refractivity contribution < 1.29 is 34.2 Å². The van der Waals surface area contributed by atoms with Crippen molar-refractivity contribution in [3.8, 4) is 11.8 Å². The van der Waals surface area contributed by atoms with Crippen molar-refractivity contribution in [3.05, 3.63) is 12.1 Å². The fourth-order valence-corrected chi connectivity index (χ4v) is 3.03. The standard InChI is InChI=1S/C17H24N4O7/c1-2-11(17(18)27)20-9-10(7-15(20)25)8-19-12(22)3-6-16(26)28-21-13(23)4-5-14(21)24/h4-5,10-11,23-24H,2-3,6-9H2,1H3,(H2,18,27)(H,19,22)/t10?,11-/m0/s1. The van der Waals surface area contributed by atoms with Crippen LogP contribution in [-0.2, 0) is 19.2 Å². The highest BCUT2D eigenvalue weighted by Crippen LogP contribution is 2.21. The summed E-state index contributed by atoms with van der Waals surface area (Å²) in [4.78, 5) is 53.3. The number of nitrogens with one attached hydrogen (secondary N) is 1. The van der Waals surface area contributed by atoms with Crippen molar-refractivity contribution in [3.63, 3.8) is 0 Å². The van der Waals surface area contributed by atoms with Gasteiger partial charge in [0.05, 0.1) is 6.42 Å². The van der Waals surface area contributed by atoms with E-state index >= 15 is 0 Å². The zero-order valence-electron chi connectivity index (χ0n) is 15.5. The van der Waals surface area contributed by atoms with Gasteiger partial charge in [0.15, 0.2) is 0 Å². The lowest BCUT2D eigenvalue weighted by molar-refractivity contribution is -0.146. The molecule has 0 spiro atoms. The number of aromatic hydroxyl groups is 2. The summed E-state index contributed by atoms with van der Waals surface area (Å²) in [6.07, 6.45) is 0.204. The minimum absolute atomic E-state index is 0.148. The number of hydrogen-bond donors (Lipinski definition) is 4. The lowest BCUT2D eigenvalue weighted by Gasteiger charge is -2.24. The van der Waals surface area contributed by atoms with E-state index in [1.165, 1.54) is 4.90 Å². The molecule has 1 aliphatic rings. The zero-order valence-corrected chi connectivity index (χ0v) is 15.5. The number of amides is 3. The Bertz CT molecular complexity index is 741. The minimum Gasteiger partial charge on any atom is -0.492 e. The molecule has 1 saturated heterocycles. The SMILES string of the molecule is CC[C@@H](C(N)=O)N1CC(CNC(=O)CCC(=O)On2c(O)ccc2O)CC1=O. The number of carbonyl (C=O) groups excluding carboxylic acids is 4. The summed E-state index contributed by atoms with van der Waals surface area (Å²) in [5.74, 6) is -3.01. The Morgan fingerprint density at radius 3 is 2.50 bits per heavy atom. The van der Waals surface area contributed by atoms with Gasteiger partial charge >= 0.3 is 5.97 Å². The number of carbonyl (C=O) groups is 4. The van der Waals surface area contributed by atoms with Gasteiger partial charge in [-0.05, 0) is 6.42 Å². The van der Waals surface area contributed by atoms with E-state index in [1.807, 2.05) is 0 Å². The normalized spacial score (nSPS) is 17.4. The van der Waals surface area contributed by atoms with Crippen molar-refractivity contribution in [2.24, 2.45) is 11.7 Å². The van der Waals surface area contributed by atoms with E-state index < -0.39 is 35.6 Å². The van der Waals surface area contributed by atoms with Crippen LogP contribution in [0.1, 0.15) is 32.6 Å². The summed E-state index contributed by atoms with van der Waals surface area (Å²) in [7, 11) is 0. The van der Waals surface area contributed by atoms with Gasteiger partial charge in [-0.15, -0.1) is 4.73 Å². The van der Waals surface area contributed by atoms with E-state index in [1.54, 1.807) is 6.92 Å². The van der Waals surface area contributed by atoms with E-state index in [-0.39, 0.29) is 37.6 Å². The number of nitrogens with zero attached hydrogens (tertiary/aromatic N) is 2. The fraction of sp³-hybridized carbons (Fsp3) is 0.529. The van der Waals surface area contributed by atoms with Gasteiger partial charge < -0.3 is 31.0 Å².